The van der Waals surface area contributed by atoms with E-state index in [4.69, 9.17) is 11.6 Å². The Morgan fingerprint density at radius 1 is 1.05 bits per heavy atom. The zero-order chi connectivity index (χ0) is 16.0. The highest BCUT2D eigenvalue weighted by Gasteiger charge is 2.28. The first-order chi connectivity index (χ1) is 10.6. The highest BCUT2D eigenvalue weighted by Crippen LogP contribution is 2.23. The van der Waals surface area contributed by atoms with Gasteiger partial charge in [0.25, 0.3) is 0 Å². The Labute approximate surface area is 139 Å². The van der Waals surface area contributed by atoms with Gasteiger partial charge in [-0.3, -0.25) is 0 Å². The van der Waals surface area contributed by atoms with E-state index in [0.29, 0.717) is 23.9 Å². The summed E-state index contributed by atoms with van der Waals surface area (Å²) in [5.74, 6) is 0.668. The normalized spacial score (nSPS) is 17.7. The number of alkyl halides is 1. The van der Waals surface area contributed by atoms with Crippen LogP contribution in [0.25, 0.3) is 0 Å². The summed E-state index contributed by atoms with van der Waals surface area (Å²) < 4.78 is 27.4. The Balaban J connectivity index is 2.13. The second kappa shape index (κ2) is 8.29. The van der Waals surface area contributed by atoms with Gasteiger partial charge < -0.3 is 4.90 Å². The van der Waals surface area contributed by atoms with E-state index in [2.05, 4.69) is 4.90 Å². The van der Waals surface area contributed by atoms with Crippen molar-refractivity contribution in [3.8, 4) is 0 Å². The summed E-state index contributed by atoms with van der Waals surface area (Å²) in [7, 11) is -1.36. The minimum atomic E-state index is -3.38. The molecule has 1 fully saturated rings. The molecule has 1 aliphatic heterocycles. The molecule has 124 valence electrons. The highest BCUT2D eigenvalue weighted by molar-refractivity contribution is 7.89. The van der Waals surface area contributed by atoms with Crippen molar-refractivity contribution in [3.05, 3.63) is 29.8 Å². The molecular formula is C16H25ClN2O2S. The molecule has 1 aliphatic rings. The van der Waals surface area contributed by atoms with Crippen LogP contribution < -0.4 is 0 Å². The molecule has 1 heterocycles. The summed E-state index contributed by atoms with van der Waals surface area (Å²) >= 11 is 5.69. The quantitative estimate of drug-likeness (QED) is 0.564. The Bertz CT molecular complexity index is 569. The number of piperazine rings is 1. The van der Waals surface area contributed by atoms with Crippen LogP contribution in [0.1, 0.15) is 24.8 Å². The van der Waals surface area contributed by atoms with Crippen LogP contribution in [-0.4, -0.2) is 56.7 Å². The lowest BCUT2D eigenvalue weighted by Crippen LogP contribution is -2.47. The van der Waals surface area contributed by atoms with Gasteiger partial charge in [0.1, 0.15) is 0 Å². The van der Waals surface area contributed by atoms with E-state index < -0.39 is 10.0 Å². The van der Waals surface area contributed by atoms with E-state index in [9.17, 15) is 8.42 Å². The van der Waals surface area contributed by atoms with Crippen LogP contribution in [-0.2, 0) is 16.4 Å². The summed E-state index contributed by atoms with van der Waals surface area (Å²) in [5, 5.41) is 0. The first kappa shape index (κ1) is 17.7. The smallest absolute Gasteiger partial charge is 0.243 e. The lowest BCUT2D eigenvalue weighted by atomic mass is 10.1. The van der Waals surface area contributed by atoms with Crippen LogP contribution in [0.15, 0.2) is 29.2 Å². The van der Waals surface area contributed by atoms with Crippen LogP contribution in [0.2, 0.25) is 0 Å². The third-order valence-corrected chi connectivity index (χ3v) is 6.40. The Morgan fingerprint density at radius 3 is 2.41 bits per heavy atom. The lowest BCUT2D eigenvalue weighted by Gasteiger charge is -2.32. The predicted octanol–water partition coefficient (Wildman–Crippen LogP) is 2.57. The van der Waals surface area contributed by atoms with Crippen molar-refractivity contribution < 1.29 is 8.42 Å². The maximum absolute atomic E-state index is 12.9. The molecule has 0 spiro atoms. The summed E-state index contributed by atoms with van der Waals surface area (Å²) in [4.78, 5) is 2.63. The molecule has 0 atom stereocenters. The van der Waals surface area contributed by atoms with Gasteiger partial charge >= 0.3 is 0 Å². The van der Waals surface area contributed by atoms with Crippen molar-refractivity contribution in [2.24, 2.45) is 0 Å². The largest absolute Gasteiger partial charge is 0.304 e. The van der Waals surface area contributed by atoms with Crippen LogP contribution in [0, 0.1) is 0 Å². The zero-order valence-corrected chi connectivity index (χ0v) is 14.7. The van der Waals surface area contributed by atoms with E-state index >= 15 is 0 Å². The minimum Gasteiger partial charge on any atom is -0.304 e. The SMILES string of the molecule is CN1CCN(S(=O)(=O)c2ccccc2CCCCCCl)CC1. The van der Waals surface area contributed by atoms with Crippen molar-refractivity contribution in [1.29, 1.82) is 0 Å². The van der Waals surface area contributed by atoms with Gasteiger partial charge in [-0.2, -0.15) is 4.31 Å². The number of unbranched alkanes of at least 4 members (excludes halogenated alkanes) is 2. The maximum Gasteiger partial charge on any atom is 0.243 e. The first-order valence-corrected chi connectivity index (χ1v) is 9.85. The molecule has 0 aromatic heterocycles. The molecule has 4 nitrogen and oxygen atoms in total. The molecule has 6 heteroatoms. The third-order valence-electron chi connectivity index (χ3n) is 4.13. The molecule has 0 amide bonds. The summed E-state index contributed by atoms with van der Waals surface area (Å²) in [5.41, 5.74) is 0.927. The van der Waals surface area contributed by atoms with Crippen molar-refractivity contribution in [1.82, 2.24) is 9.21 Å². The molecule has 1 aromatic rings. The van der Waals surface area contributed by atoms with Crippen molar-refractivity contribution >= 4 is 21.6 Å². The zero-order valence-electron chi connectivity index (χ0n) is 13.2. The number of likely N-dealkylation sites (N-methyl/N-ethyl adjacent to an activating group) is 1. The van der Waals surface area contributed by atoms with Crippen molar-refractivity contribution in [2.45, 2.75) is 30.6 Å². The van der Waals surface area contributed by atoms with E-state index in [1.54, 1.807) is 10.4 Å². The van der Waals surface area contributed by atoms with Crippen LogP contribution in [0.4, 0.5) is 0 Å². The van der Waals surface area contributed by atoms with Gasteiger partial charge in [0.05, 0.1) is 4.90 Å². The molecule has 1 aromatic carbocycles. The Morgan fingerprint density at radius 2 is 1.73 bits per heavy atom. The van der Waals surface area contributed by atoms with Gasteiger partial charge in [0.15, 0.2) is 0 Å². The second-order valence-corrected chi connectivity index (χ2v) is 8.10. The van der Waals surface area contributed by atoms with E-state index in [0.717, 1.165) is 44.3 Å². The van der Waals surface area contributed by atoms with Gasteiger partial charge in [-0.15, -0.1) is 11.6 Å². The molecule has 0 unspecified atom stereocenters. The van der Waals surface area contributed by atoms with Crippen molar-refractivity contribution in [3.63, 3.8) is 0 Å². The second-order valence-electron chi connectivity index (χ2n) is 5.81. The minimum absolute atomic E-state index is 0.477. The summed E-state index contributed by atoms with van der Waals surface area (Å²) in [6.45, 7) is 2.72. The third kappa shape index (κ3) is 4.44. The highest BCUT2D eigenvalue weighted by atomic mass is 35.5. The van der Waals surface area contributed by atoms with Crippen LogP contribution in [0.5, 0.6) is 0 Å². The van der Waals surface area contributed by atoms with Crippen LogP contribution in [0.3, 0.4) is 0 Å². The molecule has 22 heavy (non-hydrogen) atoms. The van der Waals surface area contributed by atoms with E-state index in [1.165, 1.54) is 0 Å². The van der Waals surface area contributed by atoms with Gasteiger partial charge in [-0.25, -0.2) is 8.42 Å². The lowest BCUT2D eigenvalue weighted by molar-refractivity contribution is 0.222. The van der Waals surface area contributed by atoms with Gasteiger partial charge in [-0.1, -0.05) is 24.6 Å². The fraction of sp³-hybridized carbons (Fsp3) is 0.625. The van der Waals surface area contributed by atoms with E-state index in [-0.39, 0.29) is 0 Å². The first-order valence-electron chi connectivity index (χ1n) is 7.88. The summed E-state index contributed by atoms with van der Waals surface area (Å²) in [6.07, 6.45) is 3.78. The molecule has 0 N–H and O–H groups in total. The van der Waals surface area contributed by atoms with Gasteiger partial charge in [-0.05, 0) is 37.9 Å². The molecule has 0 aliphatic carbocycles. The number of aryl methyl sites for hydroxylation is 1. The Kier molecular flexibility index (Phi) is 6.68. The molecule has 0 bridgehead atoms. The average Bonchev–Trinajstić information content (AvgIpc) is 2.52. The monoisotopic (exact) mass is 344 g/mol. The molecular weight excluding hydrogens is 320 g/mol. The number of rotatable bonds is 7. The summed E-state index contributed by atoms with van der Waals surface area (Å²) in [6, 6.07) is 7.40. The maximum atomic E-state index is 12.9. The Hall–Kier alpha value is -0.620. The number of benzene rings is 1. The fourth-order valence-electron chi connectivity index (χ4n) is 2.72. The number of hydrogen-bond acceptors (Lipinski definition) is 3. The molecule has 2 rings (SSSR count). The molecule has 0 radical (unpaired) electrons. The molecule has 0 saturated carbocycles. The number of halogens is 1. The van der Waals surface area contributed by atoms with E-state index in [1.807, 2.05) is 25.2 Å². The topological polar surface area (TPSA) is 40.6 Å². The molecule has 1 saturated heterocycles. The van der Waals surface area contributed by atoms with Gasteiger partial charge in [0.2, 0.25) is 10.0 Å². The standard InChI is InChI=1S/C16H25ClN2O2S/c1-18-11-13-19(14-12-18)22(20,21)16-9-5-4-8-15(16)7-3-2-6-10-17/h4-5,8-9H,2-3,6-7,10-14H2,1H3. The number of nitrogens with zero attached hydrogens (tertiary/aromatic N) is 2. The predicted molar refractivity (Wildman–Crippen MR) is 91.0 cm³/mol. The van der Waals surface area contributed by atoms with Gasteiger partial charge in [0, 0.05) is 32.1 Å². The number of hydrogen-bond donors (Lipinski definition) is 0. The average molecular weight is 345 g/mol. The number of sulfonamides is 1. The fourth-order valence-corrected chi connectivity index (χ4v) is 4.58. The van der Waals surface area contributed by atoms with Crippen molar-refractivity contribution in [2.75, 3.05) is 39.1 Å². The van der Waals surface area contributed by atoms with Crippen LogP contribution >= 0.6 is 11.6 Å².